The molecule has 2 N–H and O–H groups in total. The summed E-state index contributed by atoms with van der Waals surface area (Å²) in [6.45, 7) is 3.60. The average molecular weight is 352 g/mol. The molecule has 1 aromatic rings. The van der Waals surface area contributed by atoms with Crippen LogP contribution >= 0.6 is 0 Å². The Kier molecular flexibility index (Phi) is 9.16. The van der Waals surface area contributed by atoms with Gasteiger partial charge in [0.05, 0.1) is 20.3 Å². The fraction of sp³-hybridized carbons (Fsp3) is 0.529. The second kappa shape index (κ2) is 11.1. The summed E-state index contributed by atoms with van der Waals surface area (Å²) < 4.78 is 15.9. The number of hydrogen-bond donors (Lipinski definition) is 2. The second-order valence-corrected chi connectivity index (χ2v) is 5.30. The Hall–Kier alpha value is -2.48. The van der Waals surface area contributed by atoms with Crippen molar-refractivity contribution in [2.24, 2.45) is 4.99 Å². The largest absolute Gasteiger partial charge is 0.493 e. The molecule has 0 radical (unpaired) electrons. The Morgan fingerprint density at radius 1 is 1.24 bits per heavy atom. The molecule has 0 fully saturated rings. The molecule has 140 valence electrons. The first-order chi connectivity index (χ1) is 12.0. The van der Waals surface area contributed by atoms with Crippen molar-refractivity contribution < 1.29 is 19.0 Å². The van der Waals surface area contributed by atoms with Gasteiger partial charge in [-0.1, -0.05) is 0 Å². The third kappa shape index (κ3) is 7.30. The number of anilines is 1. The normalized spacial score (nSPS) is 11.0. The van der Waals surface area contributed by atoms with E-state index >= 15 is 0 Å². The molecule has 25 heavy (non-hydrogen) atoms. The van der Waals surface area contributed by atoms with E-state index in [1.165, 1.54) is 4.90 Å². The standard InChI is InChI=1S/C17H28N4O4/c1-6-25-14-8-7-13(11-15(14)24-5)20-17(18-9-10-23-4)19-12-16(22)21(2)3/h7-8,11H,6,9-10,12H2,1-5H3,(H2,18,19,20). The number of amides is 1. The molecule has 0 aliphatic carbocycles. The highest BCUT2D eigenvalue weighted by molar-refractivity contribution is 5.95. The number of hydrogen-bond acceptors (Lipinski definition) is 5. The maximum Gasteiger partial charge on any atom is 0.243 e. The predicted octanol–water partition coefficient (Wildman–Crippen LogP) is 1.19. The third-order valence-corrected chi connectivity index (χ3v) is 3.20. The van der Waals surface area contributed by atoms with Crippen molar-refractivity contribution in [1.82, 2.24) is 10.2 Å². The zero-order valence-corrected chi connectivity index (χ0v) is 15.6. The molecule has 1 rings (SSSR count). The fourth-order valence-corrected chi connectivity index (χ4v) is 1.86. The SMILES string of the molecule is CCOc1ccc(NC(=NCC(=O)N(C)C)NCCOC)cc1OC. The first kappa shape index (κ1) is 20.6. The Morgan fingerprint density at radius 3 is 2.60 bits per heavy atom. The molecule has 0 atom stereocenters. The number of carbonyl (C=O) groups is 1. The van der Waals surface area contributed by atoms with Gasteiger partial charge in [0.15, 0.2) is 17.5 Å². The van der Waals surface area contributed by atoms with Crippen LogP contribution in [0.1, 0.15) is 6.92 Å². The van der Waals surface area contributed by atoms with Crippen LogP contribution in [0.2, 0.25) is 0 Å². The van der Waals surface area contributed by atoms with Crippen molar-refractivity contribution in [3.05, 3.63) is 18.2 Å². The maximum absolute atomic E-state index is 11.7. The number of nitrogens with zero attached hydrogens (tertiary/aromatic N) is 2. The zero-order chi connectivity index (χ0) is 18.7. The molecule has 1 aromatic carbocycles. The highest BCUT2D eigenvalue weighted by atomic mass is 16.5. The number of aliphatic imine (C=N–C) groups is 1. The van der Waals surface area contributed by atoms with E-state index in [4.69, 9.17) is 14.2 Å². The van der Waals surface area contributed by atoms with Crippen LogP contribution in [0.3, 0.4) is 0 Å². The van der Waals surface area contributed by atoms with Crippen molar-refractivity contribution in [2.45, 2.75) is 6.92 Å². The molecule has 0 bridgehead atoms. The monoisotopic (exact) mass is 352 g/mol. The molecule has 0 spiro atoms. The summed E-state index contributed by atoms with van der Waals surface area (Å²) in [4.78, 5) is 17.5. The van der Waals surface area contributed by atoms with Crippen LogP contribution in [0, 0.1) is 0 Å². The van der Waals surface area contributed by atoms with Gasteiger partial charge in [-0.2, -0.15) is 0 Å². The summed E-state index contributed by atoms with van der Waals surface area (Å²) in [5.74, 6) is 1.69. The smallest absolute Gasteiger partial charge is 0.243 e. The molecule has 0 heterocycles. The predicted molar refractivity (Wildman–Crippen MR) is 98.7 cm³/mol. The lowest BCUT2D eigenvalue weighted by molar-refractivity contribution is -0.127. The molecule has 0 saturated heterocycles. The molecule has 8 heteroatoms. The van der Waals surface area contributed by atoms with Gasteiger partial charge in [-0.3, -0.25) is 4.79 Å². The minimum absolute atomic E-state index is 0.0451. The zero-order valence-electron chi connectivity index (χ0n) is 15.6. The number of carbonyl (C=O) groups excluding carboxylic acids is 1. The van der Waals surface area contributed by atoms with Crippen LogP contribution < -0.4 is 20.1 Å². The molecule has 0 unspecified atom stereocenters. The number of nitrogens with one attached hydrogen (secondary N) is 2. The van der Waals surface area contributed by atoms with Crippen LogP contribution in [0.25, 0.3) is 0 Å². The highest BCUT2D eigenvalue weighted by Crippen LogP contribution is 2.30. The van der Waals surface area contributed by atoms with Gasteiger partial charge in [-0.15, -0.1) is 0 Å². The van der Waals surface area contributed by atoms with Gasteiger partial charge in [-0.25, -0.2) is 4.99 Å². The van der Waals surface area contributed by atoms with Crippen LogP contribution in [-0.2, 0) is 9.53 Å². The maximum atomic E-state index is 11.7. The number of ether oxygens (including phenoxy) is 3. The van der Waals surface area contributed by atoms with Gasteiger partial charge < -0.3 is 29.7 Å². The highest BCUT2D eigenvalue weighted by Gasteiger charge is 2.08. The minimum atomic E-state index is -0.0860. The molecule has 0 saturated carbocycles. The molecule has 1 amide bonds. The van der Waals surface area contributed by atoms with Gasteiger partial charge in [-0.05, 0) is 19.1 Å². The van der Waals surface area contributed by atoms with E-state index in [1.54, 1.807) is 28.3 Å². The number of methoxy groups -OCH3 is 2. The van der Waals surface area contributed by atoms with Crippen LogP contribution in [0.15, 0.2) is 23.2 Å². The summed E-state index contributed by atoms with van der Waals surface area (Å²) in [5.41, 5.74) is 0.765. The molecular weight excluding hydrogens is 324 g/mol. The summed E-state index contributed by atoms with van der Waals surface area (Å²) in [6, 6.07) is 5.49. The molecule has 0 aliphatic heterocycles. The Morgan fingerprint density at radius 2 is 2.00 bits per heavy atom. The van der Waals surface area contributed by atoms with E-state index in [-0.39, 0.29) is 12.5 Å². The van der Waals surface area contributed by atoms with Gasteiger partial charge in [0.2, 0.25) is 5.91 Å². The topological polar surface area (TPSA) is 84.4 Å². The van der Waals surface area contributed by atoms with E-state index in [9.17, 15) is 4.79 Å². The first-order valence-electron chi connectivity index (χ1n) is 8.07. The van der Waals surface area contributed by atoms with Gasteiger partial charge in [0.1, 0.15) is 6.54 Å². The molecule has 8 nitrogen and oxygen atoms in total. The van der Waals surface area contributed by atoms with Crippen LogP contribution in [-0.4, -0.2) is 71.4 Å². The van der Waals surface area contributed by atoms with Crippen LogP contribution in [0.4, 0.5) is 5.69 Å². The van der Waals surface area contributed by atoms with Gasteiger partial charge >= 0.3 is 0 Å². The Labute approximate surface area is 149 Å². The lowest BCUT2D eigenvalue weighted by Crippen LogP contribution is -2.35. The molecule has 0 aromatic heterocycles. The van der Waals surface area contributed by atoms with Crippen molar-refractivity contribution in [2.75, 3.05) is 59.9 Å². The number of rotatable bonds is 9. The van der Waals surface area contributed by atoms with E-state index < -0.39 is 0 Å². The van der Waals surface area contributed by atoms with E-state index in [0.717, 1.165) is 5.69 Å². The van der Waals surface area contributed by atoms with Gasteiger partial charge in [0, 0.05) is 39.5 Å². The van der Waals surface area contributed by atoms with Crippen molar-refractivity contribution in [1.29, 1.82) is 0 Å². The Balaban J connectivity index is 2.88. The van der Waals surface area contributed by atoms with Crippen molar-refractivity contribution in [3.8, 4) is 11.5 Å². The average Bonchev–Trinajstić information content (AvgIpc) is 2.60. The lowest BCUT2D eigenvalue weighted by atomic mass is 10.2. The van der Waals surface area contributed by atoms with E-state index in [1.807, 2.05) is 25.1 Å². The fourth-order valence-electron chi connectivity index (χ4n) is 1.86. The number of guanidine groups is 1. The van der Waals surface area contributed by atoms with E-state index in [0.29, 0.717) is 37.2 Å². The third-order valence-electron chi connectivity index (χ3n) is 3.20. The number of benzene rings is 1. The van der Waals surface area contributed by atoms with Gasteiger partial charge in [0.25, 0.3) is 0 Å². The lowest BCUT2D eigenvalue weighted by Gasteiger charge is -2.15. The van der Waals surface area contributed by atoms with E-state index in [2.05, 4.69) is 15.6 Å². The molecular formula is C17H28N4O4. The quantitative estimate of drug-likeness (QED) is 0.394. The summed E-state index contributed by atoms with van der Waals surface area (Å²) >= 11 is 0. The Bertz CT molecular complexity index is 576. The second-order valence-electron chi connectivity index (χ2n) is 5.30. The summed E-state index contributed by atoms with van der Waals surface area (Å²) in [7, 11) is 6.60. The van der Waals surface area contributed by atoms with Crippen LogP contribution in [0.5, 0.6) is 11.5 Å². The minimum Gasteiger partial charge on any atom is -0.493 e. The first-order valence-corrected chi connectivity index (χ1v) is 8.07. The number of likely N-dealkylation sites (N-methyl/N-ethyl adjacent to an activating group) is 1. The van der Waals surface area contributed by atoms with Crippen molar-refractivity contribution in [3.63, 3.8) is 0 Å². The molecule has 0 aliphatic rings. The van der Waals surface area contributed by atoms with Crippen molar-refractivity contribution >= 4 is 17.6 Å². The summed E-state index contributed by atoms with van der Waals surface area (Å²) in [5, 5.41) is 6.27. The summed E-state index contributed by atoms with van der Waals surface area (Å²) in [6.07, 6.45) is 0.